The molecule has 0 heterocycles. The van der Waals surface area contributed by atoms with Crippen LogP contribution in [-0.4, -0.2) is 26.0 Å². The van der Waals surface area contributed by atoms with Gasteiger partial charge in [0, 0.05) is 0 Å². The molecule has 0 bridgehead atoms. The number of carbonyl (C=O) groups excluding carboxylic acids is 1. The first kappa shape index (κ1) is 15.1. The molecule has 1 amide bonds. The Morgan fingerprint density at radius 3 is 2.68 bits per heavy atom. The Bertz CT molecular complexity index is 434. The number of alkyl carbamates (subject to hydrolysis) is 1. The summed E-state index contributed by atoms with van der Waals surface area (Å²) in [6.45, 7) is 0.0211. The van der Waals surface area contributed by atoms with Crippen LogP contribution in [0.2, 0.25) is 0 Å². The number of methoxy groups -OCH3 is 1. The number of benzene rings is 1. The SMILES string of the molecule is COc1cccc([C@@H](C)NC(=O)OCC(F)(F)F)c1. The summed E-state index contributed by atoms with van der Waals surface area (Å²) < 4.78 is 44.6. The highest BCUT2D eigenvalue weighted by molar-refractivity contribution is 5.67. The highest BCUT2D eigenvalue weighted by atomic mass is 19.4. The van der Waals surface area contributed by atoms with Gasteiger partial charge in [0.05, 0.1) is 13.2 Å². The molecular weight excluding hydrogens is 263 g/mol. The fourth-order valence-electron chi connectivity index (χ4n) is 1.36. The van der Waals surface area contributed by atoms with Crippen molar-refractivity contribution in [3.05, 3.63) is 29.8 Å². The van der Waals surface area contributed by atoms with Crippen molar-refractivity contribution in [2.24, 2.45) is 0 Å². The molecule has 1 rings (SSSR count). The Morgan fingerprint density at radius 2 is 2.11 bits per heavy atom. The summed E-state index contributed by atoms with van der Waals surface area (Å²) in [5.74, 6) is 0.592. The predicted octanol–water partition coefficient (Wildman–Crippen LogP) is 3.04. The van der Waals surface area contributed by atoms with Gasteiger partial charge in [-0.2, -0.15) is 13.2 Å². The largest absolute Gasteiger partial charge is 0.497 e. The van der Waals surface area contributed by atoms with Crippen LogP contribution in [0.5, 0.6) is 5.75 Å². The van der Waals surface area contributed by atoms with Crippen molar-refractivity contribution in [2.75, 3.05) is 13.7 Å². The van der Waals surface area contributed by atoms with Crippen LogP contribution in [0.1, 0.15) is 18.5 Å². The van der Waals surface area contributed by atoms with Crippen LogP contribution >= 0.6 is 0 Å². The molecule has 4 nitrogen and oxygen atoms in total. The molecule has 0 aliphatic carbocycles. The first-order valence-corrected chi connectivity index (χ1v) is 5.46. The lowest BCUT2D eigenvalue weighted by Crippen LogP contribution is -2.30. The lowest BCUT2D eigenvalue weighted by molar-refractivity contribution is -0.160. The average Bonchev–Trinajstić information content (AvgIpc) is 2.35. The topological polar surface area (TPSA) is 47.6 Å². The normalized spacial score (nSPS) is 12.7. The number of hydrogen-bond acceptors (Lipinski definition) is 3. The van der Waals surface area contributed by atoms with E-state index in [1.54, 1.807) is 31.2 Å². The lowest BCUT2D eigenvalue weighted by Gasteiger charge is -2.15. The maximum atomic E-state index is 11.9. The number of hydrogen-bond donors (Lipinski definition) is 1. The molecule has 0 aromatic heterocycles. The molecular formula is C12H14F3NO3. The molecule has 106 valence electrons. The quantitative estimate of drug-likeness (QED) is 0.920. The standard InChI is InChI=1S/C12H14F3NO3/c1-8(9-4-3-5-10(6-9)18-2)16-11(17)19-7-12(13,14)15/h3-6,8H,7H2,1-2H3,(H,16,17)/t8-/m1/s1. The Kier molecular flexibility index (Phi) is 5.02. The van der Waals surface area contributed by atoms with Crippen molar-refractivity contribution in [1.29, 1.82) is 0 Å². The summed E-state index contributed by atoms with van der Waals surface area (Å²) in [5, 5.41) is 2.30. The fourth-order valence-corrected chi connectivity index (χ4v) is 1.36. The summed E-state index contributed by atoms with van der Waals surface area (Å²) in [5.41, 5.74) is 0.698. The van der Waals surface area contributed by atoms with E-state index in [1.165, 1.54) is 7.11 Å². The Balaban J connectivity index is 2.54. The highest BCUT2D eigenvalue weighted by Gasteiger charge is 2.29. The van der Waals surface area contributed by atoms with Crippen molar-refractivity contribution in [3.8, 4) is 5.75 Å². The van der Waals surface area contributed by atoms with Gasteiger partial charge in [-0.15, -0.1) is 0 Å². The second-order valence-corrected chi connectivity index (χ2v) is 3.83. The molecule has 1 aromatic rings. The molecule has 19 heavy (non-hydrogen) atoms. The molecule has 0 saturated carbocycles. The van der Waals surface area contributed by atoms with E-state index in [2.05, 4.69) is 10.1 Å². The van der Waals surface area contributed by atoms with Gasteiger partial charge in [-0.3, -0.25) is 0 Å². The van der Waals surface area contributed by atoms with E-state index < -0.39 is 24.9 Å². The number of rotatable bonds is 4. The minimum absolute atomic E-state index is 0.490. The maximum absolute atomic E-state index is 11.9. The van der Waals surface area contributed by atoms with Gasteiger partial charge in [0.1, 0.15) is 5.75 Å². The van der Waals surface area contributed by atoms with Crippen LogP contribution in [0.4, 0.5) is 18.0 Å². The van der Waals surface area contributed by atoms with Crippen LogP contribution in [0.3, 0.4) is 0 Å². The first-order valence-electron chi connectivity index (χ1n) is 5.46. The minimum Gasteiger partial charge on any atom is -0.497 e. The molecule has 0 aliphatic rings. The molecule has 0 aliphatic heterocycles. The van der Waals surface area contributed by atoms with E-state index in [0.717, 1.165) is 0 Å². The lowest BCUT2D eigenvalue weighted by atomic mass is 10.1. The van der Waals surface area contributed by atoms with Gasteiger partial charge >= 0.3 is 12.3 Å². The van der Waals surface area contributed by atoms with Crippen molar-refractivity contribution in [3.63, 3.8) is 0 Å². The molecule has 7 heteroatoms. The van der Waals surface area contributed by atoms with Gasteiger partial charge < -0.3 is 14.8 Å². The zero-order valence-electron chi connectivity index (χ0n) is 10.5. The molecule has 1 atom stereocenters. The van der Waals surface area contributed by atoms with Gasteiger partial charge in [-0.1, -0.05) is 12.1 Å². The summed E-state index contributed by atoms with van der Waals surface area (Å²) in [4.78, 5) is 11.2. The fraction of sp³-hybridized carbons (Fsp3) is 0.417. The Labute approximate surface area is 108 Å². The number of ether oxygens (including phenoxy) is 2. The van der Waals surface area contributed by atoms with Crippen molar-refractivity contribution in [1.82, 2.24) is 5.32 Å². The minimum atomic E-state index is -4.53. The van der Waals surface area contributed by atoms with E-state index in [9.17, 15) is 18.0 Å². The summed E-state index contributed by atoms with van der Waals surface area (Å²) in [6.07, 6.45) is -5.65. The Hall–Kier alpha value is -1.92. The van der Waals surface area contributed by atoms with Gasteiger partial charge in [-0.05, 0) is 24.6 Å². The molecule has 1 N–H and O–H groups in total. The zero-order valence-corrected chi connectivity index (χ0v) is 10.5. The van der Waals surface area contributed by atoms with Crippen LogP contribution in [0.25, 0.3) is 0 Å². The monoisotopic (exact) mass is 277 g/mol. The van der Waals surface area contributed by atoms with Crippen molar-refractivity contribution in [2.45, 2.75) is 19.1 Å². The van der Waals surface area contributed by atoms with Crippen LogP contribution in [0.15, 0.2) is 24.3 Å². The zero-order chi connectivity index (χ0) is 14.5. The molecule has 0 unspecified atom stereocenters. The highest BCUT2D eigenvalue weighted by Crippen LogP contribution is 2.19. The van der Waals surface area contributed by atoms with Crippen molar-refractivity contribution < 1.29 is 27.4 Å². The molecule has 1 aromatic carbocycles. The third-order valence-corrected chi connectivity index (χ3v) is 2.30. The molecule has 0 fully saturated rings. The number of carbonyl (C=O) groups is 1. The van der Waals surface area contributed by atoms with Gasteiger partial charge in [0.15, 0.2) is 6.61 Å². The summed E-state index contributed by atoms with van der Waals surface area (Å²) in [6, 6.07) is 6.34. The van der Waals surface area contributed by atoms with E-state index in [-0.39, 0.29) is 0 Å². The van der Waals surface area contributed by atoms with E-state index in [4.69, 9.17) is 4.74 Å². The van der Waals surface area contributed by atoms with E-state index >= 15 is 0 Å². The second kappa shape index (κ2) is 6.31. The van der Waals surface area contributed by atoms with Crippen molar-refractivity contribution >= 4 is 6.09 Å². The number of halogens is 3. The van der Waals surface area contributed by atoms with E-state index in [0.29, 0.717) is 11.3 Å². The summed E-state index contributed by atoms with van der Waals surface area (Å²) in [7, 11) is 1.49. The smallest absolute Gasteiger partial charge is 0.422 e. The molecule has 0 saturated heterocycles. The number of amides is 1. The maximum Gasteiger partial charge on any atom is 0.422 e. The summed E-state index contributed by atoms with van der Waals surface area (Å²) >= 11 is 0. The average molecular weight is 277 g/mol. The van der Waals surface area contributed by atoms with E-state index in [1.807, 2.05) is 0 Å². The van der Waals surface area contributed by atoms with Crippen LogP contribution < -0.4 is 10.1 Å². The second-order valence-electron chi connectivity index (χ2n) is 3.83. The van der Waals surface area contributed by atoms with Gasteiger partial charge in [0.25, 0.3) is 0 Å². The Morgan fingerprint density at radius 1 is 1.42 bits per heavy atom. The number of alkyl halides is 3. The molecule has 0 radical (unpaired) electrons. The molecule has 0 spiro atoms. The van der Waals surface area contributed by atoms with Crippen LogP contribution in [-0.2, 0) is 4.74 Å². The van der Waals surface area contributed by atoms with Gasteiger partial charge in [0.2, 0.25) is 0 Å². The first-order chi connectivity index (χ1) is 8.81. The van der Waals surface area contributed by atoms with Gasteiger partial charge in [-0.25, -0.2) is 4.79 Å². The predicted molar refractivity (Wildman–Crippen MR) is 61.9 cm³/mol. The third kappa shape index (κ3) is 5.50. The van der Waals surface area contributed by atoms with Crippen LogP contribution in [0, 0.1) is 0 Å². The third-order valence-electron chi connectivity index (χ3n) is 2.30. The number of nitrogens with one attached hydrogen (secondary N) is 1.